The summed E-state index contributed by atoms with van der Waals surface area (Å²) < 4.78 is 37.8. The summed E-state index contributed by atoms with van der Waals surface area (Å²) in [7, 11) is 0. The van der Waals surface area contributed by atoms with Crippen LogP contribution in [0.3, 0.4) is 0 Å². The number of nitrogens with zero attached hydrogens (tertiary/aromatic N) is 2. The van der Waals surface area contributed by atoms with Crippen molar-refractivity contribution in [1.82, 2.24) is 4.98 Å². The third kappa shape index (κ3) is 3.73. The molecule has 0 saturated carbocycles. The summed E-state index contributed by atoms with van der Waals surface area (Å²) in [5.74, 6) is -0.654. The van der Waals surface area contributed by atoms with E-state index in [4.69, 9.17) is 11.5 Å². The Morgan fingerprint density at radius 3 is 2.47 bits per heavy atom. The van der Waals surface area contributed by atoms with Crippen LogP contribution in [0.5, 0.6) is 0 Å². The van der Waals surface area contributed by atoms with E-state index >= 15 is 0 Å². The standard InChI is InChI=1S/C11H15F3N4O/c1-6(2)18(5-10(16)19)8-3-9(11(12,13)14)17-4-7(8)15/h3-4,6H,5,15H2,1-2H3,(H2,16,19). The van der Waals surface area contributed by atoms with Gasteiger partial charge in [-0.15, -0.1) is 0 Å². The number of aromatic nitrogens is 1. The van der Waals surface area contributed by atoms with Crippen LogP contribution in [0.4, 0.5) is 24.5 Å². The minimum Gasteiger partial charge on any atom is -0.396 e. The molecule has 0 aromatic carbocycles. The molecule has 0 aliphatic heterocycles. The maximum atomic E-state index is 12.6. The molecule has 0 spiro atoms. The first kappa shape index (κ1) is 15.1. The highest BCUT2D eigenvalue weighted by molar-refractivity contribution is 5.81. The van der Waals surface area contributed by atoms with Gasteiger partial charge in [-0.1, -0.05) is 0 Å². The molecule has 0 aliphatic rings. The average molecular weight is 276 g/mol. The second-order valence-electron chi connectivity index (χ2n) is 4.31. The van der Waals surface area contributed by atoms with Crippen LogP contribution in [-0.4, -0.2) is 23.5 Å². The number of alkyl halides is 3. The van der Waals surface area contributed by atoms with Gasteiger partial charge in [-0.3, -0.25) is 4.79 Å². The third-order valence-corrected chi connectivity index (χ3v) is 2.46. The number of rotatable bonds is 4. The number of primary amides is 1. The molecule has 0 aliphatic carbocycles. The monoisotopic (exact) mass is 276 g/mol. The van der Waals surface area contributed by atoms with Crippen molar-refractivity contribution in [3.63, 3.8) is 0 Å². The Bertz CT molecular complexity index is 473. The van der Waals surface area contributed by atoms with E-state index in [1.54, 1.807) is 13.8 Å². The summed E-state index contributed by atoms with van der Waals surface area (Å²) in [6.45, 7) is 3.22. The normalized spacial score (nSPS) is 11.7. The van der Waals surface area contributed by atoms with Gasteiger partial charge in [0.2, 0.25) is 5.91 Å². The summed E-state index contributed by atoms with van der Waals surface area (Å²) in [5, 5.41) is 0. The Balaban J connectivity index is 3.25. The van der Waals surface area contributed by atoms with E-state index < -0.39 is 17.8 Å². The lowest BCUT2D eigenvalue weighted by Crippen LogP contribution is -2.39. The van der Waals surface area contributed by atoms with E-state index in [0.29, 0.717) is 0 Å². The van der Waals surface area contributed by atoms with Crippen molar-refractivity contribution < 1.29 is 18.0 Å². The van der Waals surface area contributed by atoms with E-state index in [9.17, 15) is 18.0 Å². The van der Waals surface area contributed by atoms with Crippen molar-refractivity contribution in [1.29, 1.82) is 0 Å². The number of nitrogens with two attached hydrogens (primary N) is 2. The Labute approximate surface area is 108 Å². The average Bonchev–Trinajstić information content (AvgIpc) is 2.24. The lowest BCUT2D eigenvalue weighted by Gasteiger charge is -2.29. The fraction of sp³-hybridized carbons (Fsp3) is 0.455. The fourth-order valence-corrected chi connectivity index (χ4v) is 1.57. The Morgan fingerprint density at radius 1 is 1.47 bits per heavy atom. The van der Waals surface area contributed by atoms with Crippen LogP contribution in [0.2, 0.25) is 0 Å². The zero-order valence-corrected chi connectivity index (χ0v) is 10.5. The number of hydrogen-bond acceptors (Lipinski definition) is 4. The topological polar surface area (TPSA) is 85.2 Å². The molecule has 4 N–H and O–H groups in total. The zero-order chi connectivity index (χ0) is 14.8. The summed E-state index contributed by atoms with van der Waals surface area (Å²) in [6, 6.07) is 0.580. The summed E-state index contributed by atoms with van der Waals surface area (Å²) in [4.78, 5) is 15.6. The first-order valence-corrected chi connectivity index (χ1v) is 5.50. The molecule has 1 aromatic rings. The summed E-state index contributed by atoms with van der Waals surface area (Å²) >= 11 is 0. The van der Waals surface area contributed by atoms with Gasteiger partial charge < -0.3 is 16.4 Å². The second kappa shape index (κ2) is 5.33. The first-order valence-electron chi connectivity index (χ1n) is 5.50. The van der Waals surface area contributed by atoms with Crippen molar-refractivity contribution in [3.8, 4) is 0 Å². The van der Waals surface area contributed by atoms with Gasteiger partial charge in [-0.25, -0.2) is 4.98 Å². The maximum absolute atomic E-state index is 12.6. The molecular formula is C11H15F3N4O. The van der Waals surface area contributed by atoms with Crippen LogP contribution < -0.4 is 16.4 Å². The molecule has 0 bridgehead atoms. The largest absolute Gasteiger partial charge is 0.433 e. The highest BCUT2D eigenvalue weighted by atomic mass is 19.4. The molecule has 106 valence electrons. The molecule has 0 atom stereocenters. The quantitative estimate of drug-likeness (QED) is 0.870. The van der Waals surface area contributed by atoms with Crippen molar-refractivity contribution >= 4 is 17.3 Å². The number of halogens is 3. The van der Waals surface area contributed by atoms with Gasteiger partial charge in [0.25, 0.3) is 0 Å². The molecule has 1 aromatic heterocycles. The summed E-state index contributed by atoms with van der Waals surface area (Å²) in [6.07, 6.45) is -3.65. The van der Waals surface area contributed by atoms with Crippen LogP contribution in [0.1, 0.15) is 19.5 Å². The molecule has 0 radical (unpaired) electrons. The van der Waals surface area contributed by atoms with Gasteiger partial charge in [0.1, 0.15) is 5.69 Å². The van der Waals surface area contributed by atoms with Crippen LogP contribution in [0, 0.1) is 0 Å². The predicted octanol–water partition coefficient (Wildman–Crippen LogP) is 1.38. The number of pyridine rings is 1. The minimum atomic E-state index is -4.57. The number of carbonyl (C=O) groups is 1. The number of hydrogen-bond donors (Lipinski definition) is 2. The van der Waals surface area contributed by atoms with Gasteiger partial charge in [0, 0.05) is 6.04 Å². The van der Waals surface area contributed by atoms with E-state index in [2.05, 4.69) is 4.98 Å². The smallest absolute Gasteiger partial charge is 0.396 e. The van der Waals surface area contributed by atoms with E-state index in [1.807, 2.05) is 0 Å². The Morgan fingerprint density at radius 2 is 2.05 bits per heavy atom. The van der Waals surface area contributed by atoms with Gasteiger partial charge in [-0.05, 0) is 19.9 Å². The third-order valence-electron chi connectivity index (χ3n) is 2.46. The number of anilines is 2. The van der Waals surface area contributed by atoms with Crippen molar-refractivity contribution in [2.75, 3.05) is 17.2 Å². The number of nitrogen functional groups attached to an aromatic ring is 1. The van der Waals surface area contributed by atoms with Crippen LogP contribution in [0.25, 0.3) is 0 Å². The molecule has 1 amide bonds. The highest BCUT2D eigenvalue weighted by Crippen LogP contribution is 2.33. The number of carbonyl (C=O) groups excluding carboxylic acids is 1. The van der Waals surface area contributed by atoms with Gasteiger partial charge in [0.15, 0.2) is 0 Å². The van der Waals surface area contributed by atoms with Crippen molar-refractivity contribution in [3.05, 3.63) is 18.0 Å². The molecule has 0 unspecified atom stereocenters. The molecule has 19 heavy (non-hydrogen) atoms. The van der Waals surface area contributed by atoms with Crippen molar-refractivity contribution in [2.45, 2.75) is 26.1 Å². The molecule has 5 nitrogen and oxygen atoms in total. The van der Waals surface area contributed by atoms with Crippen molar-refractivity contribution in [2.24, 2.45) is 5.73 Å². The van der Waals surface area contributed by atoms with Crippen LogP contribution in [-0.2, 0) is 11.0 Å². The molecule has 1 heterocycles. The molecular weight excluding hydrogens is 261 g/mol. The predicted molar refractivity (Wildman–Crippen MR) is 65.3 cm³/mol. The molecule has 0 fully saturated rings. The van der Waals surface area contributed by atoms with Gasteiger partial charge >= 0.3 is 6.18 Å². The van der Waals surface area contributed by atoms with Gasteiger partial charge in [0.05, 0.1) is 24.1 Å². The van der Waals surface area contributed by atoms with Crippen LogP contribution >= 0.6 is 0 Å². The van der Waals surface area contributed by atoms with E-state index in [-0.39, 0.29) is 24.0 Å². The lowest BCUT2D eigenvalue weighted by atomic mass is 10.2. The Hall–Kier alpha value is -1.99. The first-order chi connectivity index (χ1) is 8.62. The second-order valence-corrected chi connectivity index (χ2v) is 4.31. The van der Waals surface area contributed by atoms with Gasteiger partial charge in [-0.2, -0.15) is 13.2 Å². The lowest BCUT2D eigenvalue weighted by molar-refractivity contribution is -0.141. The zero-order valence-electron chi connectivity index (χ0n) is 10.5. The minimum absolute atomic E-state index is 0.0583. The maximum Gasteiger partial charge on any atom is 0.433 e. The van der Waals surface area contributed by atoms with Crippen LogP contribution in [0.15, 0.2) is 12.3 Å². The highest BCUT2D eigenvalue weighted by Gasteiger charge is 2.33. The summed E-state index contributed by atoms with van der Waals surface area (Å²) in [5.41, 5.74) is 9.80. The van der Waals surface area contributed by atoms with E-state index in [0.717, 1.165) is 12.3 Å². The molecule has 8 heteroatoms. The molecule has 0 saturated heterocycles. The SMILES string of the molecule is CC(C)N(CC(N)=O)c1cc(C(F)(F)F)ncc1N. The Kier molecular flexibility index (Phi) is 4.23. The number of amides is 1. The van der Waals surface area contributed by atoms with E-state index in [1.165, 1.54) is 4.90 Å². The molecule has 1 rings (SSSR count). The fourth-order valence-electron chi connectivity index (χ4n) is 1.57.